The van der Waals surface area contributed by atoms with Crippen LogP contribution in [-0.2, 0) is 6.42 Å². The second-order valence-electron chi connectivity index (χ2n) is 17.2. The lowest BCUT2D eigenvalue weighted by molar-refractivity contribution is -0.384. The van der Waals surface area contributed by atoms with Gasteiger partial charge in [-0.3, -0.25) is 18.7 Å². The zero-order chi connectivity index (χ0) is 49.4. The van der Waals surface area contributed by atoms with E-state index in [1.165, 1.54) is 12.1 Å². The van der Waals surface area contributed by atoms with Gasteiger partial charge in [-0.2, -0.15) is 0 Å². The molecule has 1 aromatic heterocycles. The lowest BCUT2D eigenvalue weighted by atomic mass is 9.92. The highest BCUT2D eigenvalue weighted by Gasteiger charge is 2.33. The van der Waals surface area contributed by atoms with Crippen molar-refractivity contribution in [3.63, 3.8) is 0 Å². The molecule has 0 atom stereocenters. The Morgan fingerprint density at radius 2 is 1.00 bits per heavy atom. The van der Waals surface area contributed by atoms with Crippen molar-refractivity contribution >= 4 is 76.7 Å². The molecule has 71 heavy (non-hydrogen) atoms. The van der Waals surface area contributed by atoms with Gasteiger partial charge >= 0.3 is 7.40 Å². The molecule has 7 aromatic carbocycles. The quantitative estimate of drug-likeness (QED) is 0.0550. The van der Waals surface area contributed by atoms with E-state index in [0.717, 1.165) is 72.2 Å². The molecule has 7 nitrogen and oxygen atoms in total. The fourth-order valence-electron chi connectivity index (χ4n) is 9.51. The van der Waals surface area contributed by atoms with Crippen molar-refractivity contribution in [3.8, 4) is 0 Å². The van der Waals surface area contributed by atoms with Gasteiger partial charge in [-0.15, -0.1) is 0 Å². The molecule has 0 N–H and O–H groups in total. The van der Waals surface area contributed by atoms with E-state index in [1.54, 1.807) is 18.2 Å². The fourth-order valence-corrected chi connectivity index (χ4v) is 9.51. The van der Waals surface area contributed by atoms with Crippen LogP contribution in [0.2, 0.25) is 0 Å². The molecule has 1 aliphatic rings. The zero-order valence-corrected chi connectivity index (χ0v) is 40.1. The third-order valence-corrected chi connectivity index (χ3v) is 12.9. The van der Waals surface area contributed by atoms with Gasteiger partial charge in [-0.05, 0) is 163 Å². The summed E-state index contributed by atoms with van der Waals surface area (Å²) in [5, 5.41) is 11.9. The monoisotopic (exact) mass is 935 g/mol. The number of allylic oxidation sites excluding steroid dienone is 3. The number of rotatable bonds is 16. The fraction of sp³-hybridized carbons (Fsp3) is 0.0984. The molecule has 0 fully saturated rings. The van der Waals surface area contributed by atoms with E-state index < -0.39 is 12.3 Å². The molecule has 0 radical (unpaired) electrons. The van der Waals surface area contributed by atoms with E-state index in [4.69, 9.17) is 4.99 Å². The van der Waals surface area contributed by atoms with Crippen molar-refractivity contribution in [2.45, 2.75) is 40.5 Å². The van der Waals surface area contributed by atoms with Crippen LogP contribution in [0.3, 0.4) is 0 Å². The smallest absolute Gasteiger partial charge is 0.325 e. The molecule has 0 saturated heterocycles. The Morgan fingerprint density at radius 1 is 0.577 bits per heavy atom. The van der Waals surface area contributed by atoms with Crippen molar-refractivity contribution in [1.82, 2.24) is 4.48 Å². The van der Waals surface area contributed by atoms with Crippen LogP contribution in [0.5, 0.6) is 0 Å². The summed E-state index contributed by atoms with van der Waals surface area (Å²) < 4.78 is 33.1. The largest absolute Gasteiger partial charge is 0.678 e. The summed E-state index contributed by atoms with van der Waals surface area (Å²) in [5.41, 5.74) is 14.1. The summed E-state index contributed by atoms with van der Waals surface area (Å²) >= 11 is 0. The lowest BCUT2D eigenvalue weighted by Crippen LogP contribution is -2.18. The van der Waals surface area contributed by atoms with Crippen LogP contribution >= 0.6 is 0 Å². The molecule has 8 aromatic rings. The lowest BCUT2D eigenvalue weighted by Gasteiger charge is -2.25. The molecule has 350 valence electrons. The molecule has 9 rings (SSSR count). The van der Waals surface area contributed by atoms with Gasteiger partial charge in [0.1, 0.15) is 0 Å². The standard InChI is InChI=1S/C61H52BF2N5O2/c1-5-55-43(3)60(65-57(55)41-31-45-27-35-52(36-28-45)66(48-19-11-7-12-20-48)49-21-13-8-14-22-49)59(47-33-39-54(40-34-47)69(70)71)61-44(4)56(6-2)58(68(61)62(63)64)42-32-46-29-37-53(38-30-46)67(50-23-15-9-16-24-50)51-25-17-10-18-26-51/h7-42H,5-6H2,1-4H3/b41-31+,42-32+,60-59-. The summed E-state index contributed by atoms with van der Waals surface area (Å²) in [6.07, 6.45) is 8.79. The summed E-state index contributed by atoms with van der Waals surface area (Å²) in [4.78, 5) is 21.0. The van der Waals surface area contributed by atoms with Crippen molar-refractivity contribution in [2.75, 3.05) is 9.80 Å². The van der Waals surface area contributed by atoms with Crippen LogP contribution in [0.15, 0.2) is 222 Å². The van der Waals surface area contributed by atoms with E-state index in [9.17, 15) is 10.1 Å². The van der Waals surface area contributed by atoms with Crippen molar-refractivity contribution in [3.05, 3.63) is 266 Å². The topological polar surface area (TPSA) is 66.9 Å². The van der Waals surface area contributed by atoms with Crippen LogP contribution in [0.25, 0.3) is 23.8 Å². The van der Waals surface area contributed by atoms with Gasteiger partial charge in [-0.25, -0.2) is 4.99 Å². The summed E-state index contributed by atoms with van der Waals surface area (Å²) in [6, 6.07) is 63.2. The summed E-state index contributed by atoms with van der Waals surface area (Å²) in [6.45, 7) is 7.89. The highest BCUT2D eigenvalue weighted by atomic mass is 19.2. The Balaban J connectivity index is 1.11. The predicted molar refractivity (Wildman–Crippen MR) is 292 cm³/mol. The van der Waals surface area contributed by atoms with Gasteiger partial charge in [0, 0.05) is 63.2 Å². The highest BCUT2D eigenvalue weighted by Crippen LogP contribution is 2.43. The van der Waals surface area contributed by atoms with Crippen molar-refractivity contribution in [2.24, 2.45) is 4.99 Å². The van der Waals surface area contributed by atoms with Crippen molar-refractivity contribution < 1.29 is 13.6 Å². The number of nitro benzene ring substituents is 1. The van der Waals surface area contributed by atoms with E-state index >= 15 is 8.63 Å². The minimum Gasteiger partial charge on any atom is -0.325 e. The third kappa shape index (κ3) is 9.96. The van der Waals surface area contributed by atoms with Gasteiger partial charge in [-0.1, -0.05) is 123 Å². The first kappa shape index (κ1) is 47.4. The maximum atomic E-state index is 16.0. The molecule has 0 saturated carbocycles. The summed E-state index contributed by atoms with van der Waals surface area (Å²) in [5.74, 6) is 0. The number of para-hydroxylation sites is 4. The highest BCUT2D eigenvalue weighted by molar-refractivity contribution is 6.42. The number of hydrogen-bond acceptors (Lipinski definition) is 5. The number of anilines is 6. The Bertz CT molecular complexity index is 3230. The van der Waals surface area contributed by atoms with Gasteiger partial charge in [0.25, 0.3) is 5.69 Å². The third-order valence-electron chi connectivity index (χ3n) is 12.9. The van der Waals surface area contributed by atoms with Gasteiger partial charge in [0.2, 0.25) is 0 Å². The van der Waals surface area contributed by atoms with E-state index in [1.807, 2.05) is 136 Å². The molecule has 10 heteroatoms. The van der Waals surface area contributed by atoms with Crippen LogP contribution in [0.1, 0.15) is 66.4 Å². The second-order valence-corrected chi connectivity index (χ2v) is 17.2. The van der Waals surface area contributed by atoms with Crippen molar-refractivity contribution in [1.29, 1.82) is 0 Å². The first-order valence-electron chi connectivity index (χ1n) is 23.8. The minimum absolute atomic E-state index is 0.0969. The number of non-ortho nitro benzene ring substituents is 1. The second kappa shape index (κ2) is 21.3. The van der Waals surface area contributed by atoms with Gasteiger partial charge in [0.15, 0.2) is 0 Å². The molecule has 0 bridgehead atoms. The molecular formula is C61H52BF2N5O2. The van der Waals surface area contributed by atoms with Crippen LogP contribution in [0.4, 0.5) is 48.4 Å². The number of benzene rings is 7. The Kier molecular flexibility index (Phi) is 14.3. The molecular weight excluding hydrogens is 884 g/mol. The molecule has 0 amide bonds. The van der Waals surface area contributed by atoms with Gasteiger partial charge < -0.3 is 14.3 Å². The number of aromatic nitrogens is 1. The Hall–Kier alpha value is -8.63. The molecule has 1 aliphatic heterocycles. The van der Waals surface area contributed by atoms with E-state index in [-0.39, 0.29) is 5.69 Å². The predicted octanol–water partition coefficient (Wildman–Crippen LogP) is 16.8. The Morgan fingerprint density at radius 3 is 1.39 bits per heavy atom. The van der Waals surface area contributed by atoms with Crippen LogP contribution in [0, 0.1) is 17.0 Å². The number of nitrogens with zero attached hydrogens (tertiary/aromatic N) is 5. The first-order chi connectivity index (χ1) is 34.6. The minimum atomic E-state index is -2.92. The summed E-state index contributed by atoms with van der Waals surface area (Å²) in [7, 11) is -2.92. The first-order valence-corrected chi connectivity index (χ1v) is 23.8. The van der Waals surface area contributed by atoms with Crippen LogP contribution in [-0.4, -0.2) is 22.5 Å². The number of hydrogen-bond donors (Lipinski definition) is 0. The maximum Gasteiger partial charge on any atom is 0.678 e. The average Bonchev–Trinajstić information content (AvgIpc) is 3.88. The van der Waals surface area contributed by atoms with E-state index in [2.05, 4.69) is 89.5 Å². The van der Waals surface area contributed by atoms with Crippen LogP contribution < -0.4 is 9.80 Å². The number of nitro groups is 1. The normalized spacial score (nSPS) is 13.2. The SMILES string of the molecule is CCC1=C(C)/C(=C(\c2ccc([N+](=O)[O-])cc2)c2c(C)c(CC)c(/C=C/c3ccc(N(c4ccccc4)c4ccccc4)cc3)n2B(F)F)N=C1/C=C/c1ccc(N(c2ccccc2)c2ccccc2)cc1. The number of halogens is 2. The Labute approximate surface area is 414 Å². The van der Waals surface area contributed by atoms with Gasteiger partial charge in [0.05, 0.1) is 16.3 Å². The molecule has 0 aliphatic carbocycles. The molecule has 2 heterocycles. The zero-order valence-electron chi connectivity index (χ0n) is 40.1. The average molecular weight is 936 g/mol. The molecule has 0 unspecified atom stereocenters. The molecule has 0 spiro atoms. The van der Waals surface area contributed by atoms with E-state index in [0.29, 0.717) is 46.6 Å². The number of aliphatic imine (C=N–C) groups is 1. The maximum absolute atomic E-state index is 16.0.